The molecule has 2 nitrogen and oxygen atoms in total. The molecule has 0 fully saturated rings. The second-order valence-electron chi connectivity index (χ2n) is 4.41. The summed E-state index contributed by atoms with van der Waals surface area (Å²) in [6, 6.07) is 6.98. The summed E-state index contributed by atoms with van der Waals surface area (Å²) in [5.74, 6) is 0.974. The molecule has 1 aliphatic rings. The van der Waals surface area contributed by atoms with Gasteiger partial charge < -0.3 is 10.1 Å². The van der Waals surface area contributed by atoms with Crippen molar-refractivity contribution in [3.8, 4) is 5.75 Å². The van der Waals surface area contributed by atoms with Gasteiger partial charge >= 0.3 is 0 Å². The Labute approximate surface area is 108 Å². The Balaban J connectivity index is 2.32. The third kappa shape index (κ3) is 2.61. The van der Waals surface area contributed by atoms with Crippen LogP contribution in [0.3, 0.4) is 0 Å². The van der Waals surface area contributed by atoms with Crippen LogP contribution in [0.15, 0.2) is 18.2 Å². The molecule has 0 spiro atoms. The van der Waals surface area contributed by atoms with Gasteiger partial charge in [-0.3, -0.25) is 0 Å². The molecule has 17 heavy (non-hydrogen) atoms. The van der Waals surface area contributed by atoms with Crippen LogP contribution in [0.5, 0.6) is 5.75 Å². The number of rotatable bonds is 4. The van der Waals surface area contributed by atoms with Crippen molar-refractivity contribution in [1.29, 1.82) is 0 Å². The van der Waals surface area contributed by atoms with Crippen molar-refractivity contribution in [3.05, 3.63) is 29.3 Å². The lowest BCUT2D eigenvalue weighted by Gasteiger charge is -2.33. The molecule has 0 bridgehead atoms. The fourth-order valence-corrected chi connectivity index (χ4v) is 3.48. The van der Waals surface area contributed by atoms with Crippen LogP contribution in [0.1, 0.15) is 30.5 Å². The summed E-state index contributed by atoms with van der Waals surface area (Å²) in [4.78, 5) is 0. The lowest BCUT2D eigenvalue weighted by molar-refractivity contribution is 0.412. The highest BCUT2D eigenvalue weighted by Crippen LogP contribution is 2.37. The van der Waals surface area contributed by atoms with Gasteiger partial charge in [0.15, 0.2) is 0 Å². The molecule has 2 unspecified atom stereocenters. The fourth-order valence-electron chi connectivity index (χ4n) is 2.61. The molecule has 0 aliphatic heterocycles. The first-order valence-electron chi connectivity index (χ1n) is 6.23. The van der Waals surface area contributed by atoms with Crippen molar-refractivity contribution in [3.63, 3.8) is 0 Å². The molecule has 2 rings (SSSR count). The highest BCUT2D eigenvalue weighted by molar-refractivity contribution is 7.99. The Morgan fingerprint density at radius 3 is 2.94 bits per heavy atom. The van der Waals surface area contributed by atoms with Crippen LogP contribution in [0.4, 0.5) is 0 Å². The molecule has 0 amide bonds. The van der Waals surface area contributed by atoms with Crippen molar-refractivity contribution in [1.82, 2.24) is 5.32 Å². The number of thioether (sulfide) groups is 1. The summed E-state index contributed by atoms with van der Waals surface area (Å²) >= 11 is 1.97. The Morgan fingerprint density at radius 2 is 2.29 bits per heavy atom. The van der Waals surface area contributed by atoms with E-state index in [9.17, 15) is 0 Å². The lowest BCUT2D eigenvalue weighted by Crippen LogP contribution is -2.34. The SMILES string of the molecule is CCNC1c2ccc(OC)cc2CCC1SC. The van der Waals surface area contributed by atoms with E-state index in [1.807, 2.05) is 11.8 Å². The van der Waals surface area contributed by atoms with Gasteiger partial charge in [0.2, 0.25) is 0 Å². The predicted molar refractivity (Wildman–Crippen MR) is 75.0 cm³/mol. The van der Waals surface area contributed by atoms with E-state index in [4.69, 9.17) is 4.74 Å². The minimum Gasteiger partial charge on any atom is -0.497 e. The second kappa shape index (κ2) is 5.78. The molecule has 1 aliphatic carbocycles. The Kier molecular flexibility index (Phi) is 4.35. The van der Waals surface area contributed by atoms with Gasteiger partial charge in [0, 0.05) is 11.3 Å². The normalized spacial score (nSPS) is 23.2. The molecule has 1 N–H and O–H groups in total. The number of benzene rings is 1. The van der Waals surface area contributed by atoms with Crippen molar-refractivity contribution in [2.45, 2.75) is 31.1 Å². The monoisotopic (exact) mass is 251 g/mol. The Hall–Kier alpha value is -0.670. The summed E-state index contributed by atoms with van der Waals surface area (Å²) in [6.07, 6.45) is 4.63. The largest absolute Gasteiger partial charge is 0.497 e. The number of ether oxygens (including phenoxy) is 1. The van der Waals surface area contributed by atoms with Crippen LogP contribution in [0, 0.1) is 0 Å². The number of aryl methyl sites for hydroxylation is 1. The van der Waals surface area contributed by atoms with Crippen molar-refractivity contribution >= 4 is 11.8 Å². The summed E-state index contributed by atoms with van der Waals surface area (Å²) < 4.78 is 5.30. The molecule has 0 radical (unpaired) electrons. The summed E-state index contributed by atoms with van der Waals surface area (Å²) in [5.41, 5.74) is 2.90. The average molecular weight is 251 g/mol. The van der Waals surface area contributed by atoms with Crippen LogP contribution in [-0.4, -0.2) is 25.2 Å². The van der Waals surface area contributed by atoms with Crippen LogP contribution < -0.4 is 10.1 Å². The maximum Gasteiger partial charge on any atom is 0.119 e. The van der Waals surface area contributed by atoms with E-state index in [0.29, 0.717) is 11.3 Å². The molecule has 1 aromatic rings. The van der Waals surface area contributed by atoms with E-state index in [1.165, 1.54) is 24.0 Å². The minimum absolute atomic E-state index is 0.490. The van der Waals surface area contributed by atoms with Gasteiger partial charge in [-0.25, -0.2) is 0 Å². The zero-order chi connectivity index (χ0) is 12.3. The van der Waals surface area contributed by atoms with E-state index in [-0.39, 0.29) is 0 Å². The molecule has 3 heteroatoms. The van der Waals surface area contributed by atoms with E-state index in [0.717, 1.165) is 12.3 Å². The second-order valence-corrected chi connectivity index (χ2v) is 5.49. The van der Waals surface area contributed by atoms with Crippen LogP contribution in [0.2, 0.25) is 0 Å². The fraction of sp³-hybridized carbons (Fsp3) is 0.571. The first-order valence-corrected chi connectivity index (χ1v) is 7.52. The molecule has 2 atom stereocenters. The highest BCUT2D eigenvalue weighted by Gasteiger charge is 2.28. The molecule has 94 valence electrons. The van der Waals surface area contributed by atoms with Crippen LogP contribution >= 0.6 is 11.8 Å². The quantitative estimate of drug-likeness (QED) is 0.889. The maximum absolute atomic E-state index is 5.30. The predicted octanol–water partition coefficient (Wildman–Crippen LogP) is 3.02. The first kappa shape index (κ1) is 12.8. The average Bonchev–Trinajstić information content (AvgIpc) is 2.38. The smallest absolute Gasteiger partial charge is 0.119 e. The number of fused-ring (bicyclic) bond motifs is 1. The van der Waals surface area contributed by atoms with Gasteiger partial charge in [-0.2, -0.15) is 11.8 Å². The van der Waals surface area contributed by atoms with E-state index < -0.39 is 0 Å². The zero-order valence-corrected chi connectivity index (χ0v) is 11.6. The molecule has 1 aromatic carbocycles. The Bertz CT molecular complexity index is 380. The summed E-state index contributed by atoms with van der Waals surface area (Å²) in [5, 5.41) is 4.31. The van der Waals surface area contributed by atoms with Gasteiger partial charge in [0.1, 0.15) is 5.75 Å². The van der Waals surface area contributed by atoms with Crippen molar-refractivity contribution < 1.29 is 4.74 Å². The maximum atomic E-state index is 5.30. The molecular weight excluding hydrogens is 230 g/mol. The topological polar surface area (TPSA) is 21.3 Å². The first-order chi connectivity index (χ1) is 8.30. The molecule has 0 saturated carbocycles. The number of hydrogen-bond acceptors (Lipinski definition) is 3. The standard InChI is InChI=1S/C14H21NOS/c1-4-15-14-12-7-6-11(16-2)9-10(12)5-8-13(14)17-3/h6-7,9,13-15H,4-5,8H2,1-3H3. The number of nitrogens with one attached hydrogen (secondary N) is 1. The van der Waals surface area contributed by atoms with E-state index in [2.05, 4.69) is 36.7 Å². The highest BCUT2D eigenvalue weighted by atomic mass is 32.2. The number of hydrogen-bond donors (Lipinski definition) is 1. The van der Waals surface area contributed by atoms with Gasteiger partial charge in [-0.05, 0) is 48.9 Å². The van der Waals surface area contributed by atoms with Crippen molar-refractivity contribution in [2.75, 3.05) is 19.9 Å². The summed E-state index contributed by atoms with van der Waals surface area (Å²) in [7, 11) is 1.73. The van der Waals surface area contributed by atoms with Gasteiger partial charge in [0.05, 0.1) is 7.11 Å². The van der Waals surface area contributed by atoms with Gasteiger partial charge in [-0.1, -0.05) is 13.0 Å². The minimum atomic E-state index is 0.490. The van der Waals surface area contributed by atoms with E-state index >= 15 is 0 Å². The lowest BCUT2D eigenvalue weighted by atomic mass is 9.87. The van der Waals surface area contributed by atoms with Gasteiger partial charge in [-0.15, -0.1) is 0 Å². The molecule has 0 aromatic heterocycles. The van der Waals surface area contributed by atoms with Gasteiger partial charge in [0.25, 0.3) is 0 Å². The third-order valence-electron chi connectivity index (χ3n) is 3.48. The molecule has 0 heterocycles. The zero-order valence-electron chi connectivity index (χ0n) is 10.8. The Morgan fingerprint density at radius 1 is 1.47 bits per heavy atom. The van der Waals surface area contributed by atoms with E-state index in [1.54, 1.807) is 7.11 Å². The van der Waals surface area contributed by atoms with Crippen LogP contribution in [0.25, 0.3) is 0 Å². The third-order valence-corrected chi connectivity index (χ3v) is 4.60. The van der Waals surface area contributed by atoms with Crippen LogP contribution in [-0.2, 0) is 6.42 Å². The number of methoxy groups -OCH3 is 1. The molecular formula is C14H21NOS. The van der Waals surface area contributed by atoms with Crippen molar-refractivity contribution in [2.24, 2.45) is 0 Å². The summed E-state index contributed by atoms with van der Waals surface area (Å²) in [6.45, 7) is 3.20. The molecule has 0 saturated heterocycles.